The van der Waals surface area contributed by atoms with Crippen LogP contribution in [0, 0.1) is 28.6 Å². The van der Waals surface area contributed by atoms with E-state index in [2.05, 4.69) is 72.5 Å². The molecule has 3 saturated carbocycles. The molecule has 0 bridgehead atoms. The zero-order valence-electron chi connectivity index (χ0n) is 19.4. The van der Waals surface area contributed by atoms with Crippen LogP contribution >= 0.6 is 0 Å². The lowest BCUT2D eigenvalue weighted by Gasteiger charge is -2.60. The number of piperidine rings is 1. The third-order valence-corrected chi connectivity index (χ3v) is 10.0. The fourth-order valence-electron chi connectivity index (χ4n) is 8.22. The Morgan fingerprint density at radius 1 is 0.906 bits per heavy atom. The third kappa shape index (κ3) is 3.05. The maximum Gasteiger partial charge on any atom is 0.220 e. The van der Waals surface area contributed by atoms with Gasteiger partial charge in [0.15, 0.2) is 0 Å². The van der Waals surface area contributed by atoms with E-state index in [-0.39, 0.29) is 16.7 Å². The number of nitrogens with one attached hydrogen (secondary N) is 1. The molecule has 1 aromatic heterocycles. The number of rotatable bonds is 3. The molecule has 1 N–H and O–H groups in total. The van der Waals surface area contributed by atoms with Gasteiger partial charge in [-0.05, 0) is 105 Å². The van der Waals surface area contributed by atoms with Gasteiger partial charge in [-0.15, -0.1) is 0 Å². The Kier molecular flexibility index (Phi) is 4.71. The number of amides is 1. The number of fused-ring (bicyclic) bond motifs is 5. The van der Waals surface area contributed by atoms with Gasteiger partial charge in [0.1, 0.15) is 11.9 Å². The van der Waals surface area contributed by atoms with Crippen molar-refractivity contribution in [3.63, 3.8) is 0 Å². The first kappa shape index (κ1) is 20.4. The minimum atomic E-state index is 0.265. The second-order valence-electron chi connectivity index (χ2n) is 11.4. The van der Waals surface area contributed by atoms with Crippen molar-refractivity contribution in [2.45, 2.75) is 77.4 Å². The van der Waals surface area contributed by atoms with Gasteiger partial charge in [-0.2, -0.15) is 0 Å². The molecule has 2 unspecified atom stereocenters. The molecule has 7 atom stereocenters. The van der Waals surface area contributed by atoms with Crippen molar-refractivity contribution < 1.29 is 9.53 Å². The van der Waals surface area contributed by atoms with E-state index in [9.17, 15) is 4.79 Å². The van der Waals surface area contributed by atoms with Crippen LogP contribution in [-0.2, 0) is 4.79 Å². The van der Waals surface area contributed by atoms with Crippen LogP contribution in [0.25, 0.3) is 5.69 Å². The topological polar surface area (TPSA) is 43.3 Å². The Labute approximate surface area is 191 Å². The van der Waals surface area contributed by atoms with Crippen molar-refractivity contribution in [3.05, 3.63) is 48.8 Å². The number of nitrogens with zero attached hydrogens (tertiary/aromatic N) is 1. The minimum Gasteiger partial charge on any atom is -0.490 e. The summed E-state index contributed by atoms with van der Waals surface area (Å²) in [5.41, 5.74) is 1.72. The van der Waals surface area contributed by atoms with E-state index in [1.807, 2.05) is 0 Å². The first-order valence-electron chi connectivity index (χ1n) is 12.7. The number of hydrogen-bond acceptors (Lipinski definition) is 2. The molecule has 4 fully saturated rings. The predicted octanol–water partition coefficient (Wildman–Crippen LogP) is 5.75. The summed E-state index contributed by atoms with van der Waals surface area (Å²) in [5, 5.41) is 3.35. The van der Waals surface area contributed by atoms with E-state index >= 15 is 0 Å². The van der Waals surface area contributed by atoms with Crippen molar-refractivity contribution in [1.82, 2.24) is 9.88 Å². The number of benzene rings is 1. The minimum absolute atomic E-state index is 0.265. The summed E-state index contributed by atoms with van der Waals surface area (Å²) in [6.45, 7) is 4.99. The Balaban J connectivity index is 1.19. The SMILES string of the molecule is C[C@]12CCC(=O)NC1CC[C@@H]1[C@H]2CC[C@]2(C)C(Oc3ccc(-n4cccc4)cc3)CC[C@@H]12. The number of ether oxygens (including phenoxy) is 1. The van der Waals surface area contributed by atoms with Crippen molar-refractivity contribution in [2.24, 2.45) is 28.6 Å². The lowest BCUT2D eigenvalue weighted by atomic mass is 9.47. The Bertz CT molecular complexity index is 983. The standard InChI is InChI=1S/C28H36N2O2/c1-27-16-14-26(31)29-24(27)11-9-21-22-10-12-25(28(22,2)15-13-23(21)27)32-20-7-5-19(6-8-20)30-17-3-4-18-30/h3-8,17-18,21-25H,9-16H2,1-2H3,(H,29,31)/t21-,22-,23+,24?,25?,27+,28-/m0/s1. The molecule has 170 valence electrons. The summed E-state index contributed by atoms with van der Waals surface area (Å²) in [6, 6.07) is 13.1. The van der Waals surface area contributed by atoms with Gasteiger partial charge in [0, 0.05) is 36.0 Å². The highest BCUT2D eigenvalue weighted by Gasteiger charge is 2.61. The maximum absolute atomic E-state index is 12.0. The predicted molar refractivity (Wildman–Crippen MR) is 126 cm³/mol. The van der Waals surface area contributed by atoms with Gasteiger partial charge >= 0.3 is 0 Å². The van der Waals surface area contributed by atoms with Crippen molar-refractivity contribution in [2.75, 3.05) is 0 Å². The van der Waals surface area contributed by atoms with E-state index in [1.165, 1.54) is 37.8 Å². The fourth-order valence-corrected chi connectivity index (χ4v) is 8.22. The molecule has 1 aromatic carbocycles. The Hall–Kier alpha value is -2.23. The highest BCUT2D eigenvalue weighted by atomic mass is 16.5. The summed E-state index contributed by atoms with van der Waals surface area (Å²) in [7, 11) is 0. The van der Waals surface area contributed by atoms with Gasteiger partial charge in [0.05, 0.1) is 0 Å². The Morgan fingerprint density at radius 2 is 1.66 bits per heavy atom. The monoisotopic (exact) mass is 432 g/mol. The summed E-state index contributed by atoms with van der Waals surface area (Å²) in [4.78, 5) is 12.0. The molecule has 1 amide bonds. The van der Waals surface area contributed by atoms with Gasteiger partial charge in [0.2, 0.25) is 5.91 Å². The van der Waals surface area contributed by atoms with Gasteiger partial charge in [-0.3, -0.25) is 4.79 Å². The number of aromatic nitrogens is 1. The van der Waals surface area contributed by atoms with E-state index in [4.69, 9.17) is 4.74 Å². The maximum atomic E-state index is 12.0. The van der Waals surface area contributed by atoms with Crippen LogP contribution in [0.2, 0.25) is 0 Å². The Morgan fingerprint density at radius 3 is 2.44 bits per heavy atom. The lowest BCUT2D eigenvalue weighted by Crippen LogP contribution is -2.61. The second kappa shape index (κ2) is 7.40. The van der Waals surface area contributed by atoms with Gasteiger partial charge < -0.3 is 14.6 Å². The van der Waals surface area contributed by atoms with E-state index in [0.29, 0.717) is 18.6 Å². The zero-order chi connectivity index (χ0) is 21.9. The van der Waals surface area contributed by atoms with Crippen LogP contribution in [0.3, 0.4) is 0 Å². The third-order valence-electron chi connectivity index (χ3n) is 10.0. The van der Waals surface area contributed by atoms with Crippen molar-refractivity contribution in [1.29, 1.82) is 0 Å². The van der Waals surface area contributed by atoms with Crippen LogP contribution in [0.4, 0.5) is 0 Å². The van der Waals surface area contributed by atoms with Gasteiger partial charge in [-0.25, -0.2) is 0 Å². The molecular formula is C28H36N2O2. The fraction of sp³-hybridized carbons (Fsp3) is 0.607. The molecule has 1 aliphatic heterocycles. The van der Waals surface area contributed by atoms with Crippen LogP contribution in [-0.4, -0.2) is 22.6 Å². The quantitative estimate of drug-likeness (QED) is 0.671. The molecule has 0 radical (unpaired) electrons. The van der Waals surface area contributed by atoms with Crippen molar-refractivity contribution in [3.8, 4) is 11.4 Å². The largest absolute Gasteiger partial charge is 0.490 e. The average Bonchev–Trinajstić information content (AvgIpc) is 3.43. The molecule has 0 spiro atoms. The highest BCUT2D eigenvalue weighted by molar-refractivity contribution is 5.77. The summed E-state index contributed by atoms with van der Waals surface area (Å²) < 4.78 is 8.81. The molecule has 4 heteroatoms. The lowest BCUT2D eigenvalue weighted by molar-refractivity contribution is -0.137. The molecule has 32 heavy (non-hydrogen) atoms. The molecule has 1 saturated heterocycles. The smallest absolute Gasteiger partial charge is 0.220 e. The molecule has 4 aliphatic rings. The average molecular weight is 433 g/mol. The van der Waals surface area contributed by atoms with Gasteiger partial charge in [0.25, 0.3) is 0 Å². The normalized spacial score (nSPS) is 40.7. The van der Waals surface area contributed by atoms with E-state index < -0.39 is 0 Å². The molecule has 4 nitrogen and oxygen atoms in total. The summed E-state index contributed by atoms with van der Waals surface area (Å²) in [5.74, 6) is 3.55. The number of hydrogen-bond donors (Lipinski definition) is 1. The van der Waals surface area contributed by atoms with Crippen LogP contribution in [0.1, 0.15) is 65.2 Å². The van der Waals surface area contributed by atoms with Crippen LogP contribution in [0.5, 0.6) is 5.75 Å². The molecular weight excluding hydrogens is 396 g/mol. The molecule has 3 aliphatic carbocycles. The summed E-state index contributed by atoms with van der Waals surface area (Å²) >= 11 is 0. The number of carbonyl (C=O) groups excluding carboxylic acids is 1. The van der Waals surface area contributed by atoms with E-state index in [1.54, 1.807) is 0 Å². The molecule has 2 aromatic rings. The first-order chi connectivity index (χ1) is 15.5. The highest BCUT2D eigenvalue weighted by Crippen LogP contribution is 2.64. The van der Waals surface area contributed by atoms with E-state index in [0.717, 1.165) is 36.3 Å². The van der Waals surface area contributed by atoms with Crippen LogP contribution in [0.15, 0.2) is 48.8 Å². The second-order valence-corrected chi connectivity index (χ2v) is 11.4. The van der Waals surface area contributed by atoms with Crippen molar-refractivity contribution >= 4 is 5.91 Å². The van der Waals surface area contributed by atoms with Crippen LogP contribution < -0.4 is 10.1 Å². The zero-order valence-corrected chi connectivity index (χ0v) is 19.4. The van der Waals surface area contributed by atoms with Gasteiger partial charge in [-0.1, -0.05) is 13.8 Å². The summed E-state index contributed by atoms with van der Waals surface area (Å²) in [6.07, 6.45) is 13.7. The first-order valence-corrected chi connectivity index (χ1v) is 12.7. The molecule has 6 rings (SSSR count). The number of carbonyl (C=O) groups is 1. The molecule has 2 heterocycles.